The van der Waals surface area contributed by atoms with Gasteiger partial charge in [-0.25, -0.2) is 4.68 Å². The van der Waals surface area contributed by atoms with Crippen LogP contribution in [0.1, 0.15) is 40.0 Å². The van der Waals surface area contributed by atoms with Crippen LogP contribution in [0.2, 0.25) is 0 Å². The number of hydrogen-bond donors (Lipinski definition) is 0. The summed E-state index contributed by atoms with van der Waals surface area (Å²) in [5.74, 6) is 1.81. The molecule has 0 atom stereocenters. The number of methoxy groups -OCH3 is 3. The highest BCUT2D eigenvalue weighted by Crippen LogP contribution is 2.41. The highest BCUT2D eigenvalue weighted by molar-refractivity contribution is 7.07. The van der Waals surface area contributed by atoms with Crippen LogP contribution in [0.5, 0.6) is 17.2 Å². The van der Waals surface area contributed by atoms with Gasteiger partial charge in [-0.15, -0.1) is 11.3 Å². The van der Waals surface area contributed by atoms with E-state index in [4.69, 9.17) is 19.3 Å². The average Bonchev–Trinajstić information content (AvgIpc) is 3.07. The standard InChI is InChI=1S/C20H29N3O3S/c1-7-9-10-14(3)22-23-16(13-27-20(23)21-8-2)15-11-17(24-4)19(26-6)18(12-15)25-5/h11-13H,7-10H2,1-6H3. The molecule has 0 unspecified atom stereocenters. The molecule has 27 heavy (non-hydrogen) atoms. The monoisotopic (exact) mass is 391 g/mol. The predicted octanol–water partition coefficient (Wildman–Crippen LogP) is 4.58. The van der Waals surface area contributed by atoms with Crippen LogP contribution in [0, 0.1) is 0 Å². The number of rotatable bonds is 9. The molecule has 0 saturated heterocycles. The van der Waals surface area contributed by atoms with Crippen LogP contribution < -0.4 is 19.0 Å². The molecule has 0 amide bonds. The largest absolute Gasteiger partial charge is 0.493 e. The Morgan fingerprint density at radius 1 is 1.07 bits per heavy atom. The number of ether oxygens (including phenoxy) is 3. The number of benzene rings is 1. The second-order valence-electron chi connectivity index (χ2n) is 6.04. The summed E-state index contributed by atoms with van der Waals surface area (Å²) < 4.78 is 18.3. The molecule has 0 N–H and O–H groups in total. The van der Waals surface area contributed by atoms with Crippen molar-refractivity contribution in [2.45, 2.75) is 40.0 Å². The zero-order chi connectivity index (χ0) is 19.8. The maximum absolute atomic E-state index is 5.50. The molecule has 7 heteroatoms. The average molecular weight is 392 g/mol. The lowest BCUT2D eigenvalue weighted by Gasteiger charge is -2.14. The van der Waals surface area contributed by atoms with E-state index in [1.807, 2.05) is 23.7 Å². The summed E-state index contributed by atoms with van der Waals surface area (Å²) in [5.41, 5.74) is 2.97. The number of unbranched alkanes of at least 4 members (excludes halogenated alkanes) is 1. The van der Waals surface area contributed by atoms with Gasteiger partial charge in [-0.05, 0) is 38.8 Å². The normalized spacial score (nSPS) is 12.4. The van der Waals surface area contributed by atoms with Crippen molar-refractivity contribution in [3.8, 4) is 28.5 Å². The maximum atomic E-state index is 5.50. The van der Waals surface area contributed by atoms with Gasteiger partial charge in [0.1, 0.15) is 0 Å². The Bertz CT molecular complexity index is 827. The molecule has 0 spiro atoms. The maximum Gasteiger partial charge on any atom is 0.206 e. The fourth-order valence-corrected chi connectivity index (χ4v) is 3.62. The Hall–Kier alpha value is -2.28. The van der Waals surface area contributed by atoms with Gasteiger partial charge in [0.2, 0.25) is 10.6 Å². The summed E-state index contributed by atoms with van der Waals surface area (Å²) in [4.78, 5) is 5.46. The van der Waals surface area contributed by atoms with Crippen molar-refractivity contribution in [3.63, 3.8) is 0 Å². The van der Waals surface area contributed by atoms with Gasteiger partial charge < -0.3 is 14.2 Å². The van der Waals surface area contributed by atoms with Crippen LogP contribution in [-0.4, -0.2) is 38.3 Å². The lowest BCUT2D eigenvalue weighted by atomic mass is 10.1. The summed E-state index contributed by atoms with van der Waals surface area (Å²) in [6, 6.07) is 3.87. The molecule has 0 radical (unpaired) electrons. The molecule has 6 nitrogen and oxygen atoms in total. The van der Waals surface area contributed by atoms with Gasteiger partial charge in [0, 0.05) is 23.2 Å². The van der Waals surface area contributed by atoms with Crippen LogP contribution in [0.4, 0.5) is 0 Å². The van der Waals surface area contributed by atoms with E-state index < -0.39 is 0 Å². The van der Waals surface area contributed by atoms with Crippen LogP contribution in [-0.2, 0) is 0 Å². The van der Waals surface area contributed by atoms with Gasteiger partial charge in [0.15, 0.2) is 11.5 Å². The van der Waals surface area contributed by atoms with Crippen LogP contribution >= 0.6 is 11.3 Å². The molecule has 1 aromatic heterocycles. The summed E-state index contributed by atoms with van der Waals surface area (Å²) >= 11 is 1.57. The third kappa shape index (κ3) is 4.91. The molecule has 0 aliphatic carbocycles. The van der Waals surface area contributed by atoms with Crippen molar-refractivity contribution in [2.24, 2.45) is 10.1 Å². The first-order valence-corrected chi connectivity index (χ1v) is 10.0. The Kier molecular flexibility index (Phi) is 7.91. The minimum atomic E-state index is 0.576. The first-order chi connectivity index (χ1) is 13.1. The molecule has 1 aromatic carbocycles. The lowest BCUT2D eigenvalue weighted by Crippen LogP contribution is -2.14. The molecule has 0 aliphatic rings. The van der Waals surface area contributed by atoms with E-state index in [9.17, 15) is 0 Å². The predicted molar refractivity (Wildman–Crippen MR) is 112 cm³/mol. The molecular formula is C20H29N3O3S. The molecule has 2 aromatic rings. The summed E-state index contributed by atoms with van der Waals surface area (Å²) in [6.45, 7) is 6.98. The molecule has 148 valence electrons. The molecule has 0 bridgehead atoms. The molecule has 1 heterocycles. The molecule has 2 rings (SSSR count). The quantitative estimate of drug-likeness (QED) is 0.588. The lowest BCUT2D eigenvalue weighted by molar-refractivity contribution is 0.324. The fourth-order valence-electron chi connectivity index (χ4n) is 2.72. The zero-order valence-corrected chi connectivity index (χ0v) is 17.9. The van der Waals surface area contributed by atoms with E-state index in [0.29, 0.717) is 23.8 Å². The van der Waals surface area contributed by atoms with E-state index in [-0.39, 0.29) is 0 Å². The minimum absolute atomic E-state index is 0.576. The zero-order valence-electron chi connectivity index (χ0n) is 17.0. The number of aromatic nitrogens is 1. The van der Waals surface area contributed by atoms with Gasteiger partial charge in [-0.1, -0.05) is 13.3 Å². The van der Waals surface area contributed by atoms with Gasteiger partial charge >= 0.3 is 0 Å². The van der Waals surface area contributed by atoms with E-state index in [1.54, 1.807) is 32.7 Å². The Morgan fingerprint density at radius 2 is 1.74 bits per heavy atom. The highest BCUT2D eigenvalue weighted by atomic mass is 32.1. The Morgan fingerprint density at radius 3 is 2.26 bits per heavy atom. The Labute approximate surface area is 165 Å². The third-order valence-electron chi connectivity index (χ3n) is 4.10. The van der Waals surface area contributed by atoms with Gasteiger partial charge in [-0.2, -0.15) is 5.10 Å². The highest BCUT2D eigenvalue weighted by Gasteiger charge is 2.17. The molecule has 0 fully saturated rings. The SMILES string of the molecule is CCCCC(C)=Nn1c(-c2cc(OC)c(OC)c(OC)c2)csc1=NCC. The van der Waals surface area contributed by atoms with Crippen LogP contribution in [0.3, 0.4) is 0 Å². The van der Waals surface area contributed by atoms with E-state index in [0.717, 1.165) is 41.0 Å². The molecular weight excluding hydrogens is 362 g/mol. The van der Waals surface area contributed by atoms with Crippen LogP contribution in [0.25, 0.3) is 11.3 Å². The van der Waals surface area contributed by atoms with Crippen molar-refractivity contribution in [2.75, 3.05) is 27.9 Å². The topological polar surface area (TPSA) is 57.3 Å². The van der Waals surface area contributed by atoms with Crippen molar-refractivity contribution in [1.29, 1.82) is 0 Å². The molecule has 0 aliphatic heterocycles. The third-order valence-corrected chi connectivity index (χ3v) is 4.96. The summed E-state index contributed by atoms with van der Waals surface area (Å²) in [6.07, 6.45) is 3.24. The van der Waals surface area contributed by atoms with Crippen LogP contribution in [0.15, 0.2) is 27.6 Å². The van der Waals surface area contributed by atoms with Crippen molar-refractivity contribution in [3.05, 3.63) is 22.3 Å². The second-order valence-corrected chi connectivity index (χ2v) is 6.88. The molecule has 0 saturated carbocycles. The van der Waals surface area contributed by atoms with Crippen molar-refractivity contribution < 1.29 is 14.2 Å². The van der Waals surface area contributed by atoms with E-state index in [1.165, 1.54) is 0 Å². The second kappa shape index (κ2) is 10.2. The first kappa shape index (κ1) is 21.0. The van der Waals surface area contributed by atoms with Crippen molar-refractivity contribution in [1.82, 2.24) is 4.68 Å². The fraction of sp³-hybridized carbons (Fsp3) is 0.500. The van der Waals surface area contributed by atoms with E-state index >= 15 is 0 Å². The Balaban J connectivity index is 2.64. The van der Waals surface area contributed by atoms with Gasteiger partial charge in [0.05, 0.1) is 27.0 Å². The van der Waals surface area contributed by atoms with Crippen molar-refractivity contribution >= 4 is 17.0 Å². The number of nitrogens with zero attached hydrogens (tertiary/aromatic N) is 3. The number of thiazole rings is 1. The van der Waals surface area contributed by atoms with E-state index in [2.05, 4.69) is 24.2 Å². The summed E-state index contributed by atoms with van der Waals surface area (Å²) in [5, 5.41) is 6.90. The smallest absolute Gasteiger partial charge is 0.206 e. The minimum Gasteiger partial charge on any atom is -0.493 e. The summed E-state index contributed by atoms with van der Waals surface area (Å²) in [7, 11) is 4.84. The van der Waals surface area contributed by atoms with Gasteiger partial charge in [-0.3, -0.25) is 4.99 Å². The first-order valence-electron chi connectivity index (χ1n) is 9.15. The van der Waals surface area contributed by atoms with Gasteiger partial charge in [0.25, 0.3) is 0 Å². The number of hydrogen-bond acceptors (Lipinski definition) is 6.